The number of carbonyl (C=O) groups excluding carboxylic acids is 1. The molecule has 0 unspecified atom stereocenters. The second kappa shape index (κ2) is 13.2. The van der Waals surface area contributed by atoms with Gasteiger partial charge in [-0.1, -0.05) is 41.3 Å². The average Bonchev–Trinajstić information content (AvgIpc) is 3.28. The number of aryl methyl sites for hydroxylation is 2. The van der Waals surface area contributed by atoms with Gasteiger partial charge in [-0.25, -0.2) is 8.42 Å². The third-order valence-electron chi connectivity index (χ3n) is 7.33. The number of aliphatic hydroxyl groups is 1. The minimum Gasteiger partial charge on any atom is -0.488 e. The molecule has 0 radical (unpaired) electrons. The fourth-order valence-corrected chi connectivity index (χ4v) is 6.80. The number of benzene rings is 2. The highest BCUT2D eigenvalue weighted by Gasteiger charge is 2.32. The van der Waals surface area contributed by atoms with E-state index in [2.05, 4.69) is 14.8 Å². The maximum Gasteiger partial charge on any atom is 0.267 e. The van der Waals surface area contributed by atoms with E-state index in [9.17, 15) is 18.3 Å². The maximum atomic E-state index is 13.5. The van der Waals surface area contributed by atoms with Gasteiger partial charge in [-0.2, -0.15) is 0 Å². The lowest BCUT2D eigenvalue weighted by atomic mass is 10.0. The number of aromatic nitrogens is 1. The van der Waals surface area contributed by atoms with Crippen LogP contribution in [0, 0.1) is 19.8 Å². The molecule has 1 aliphatic heterocycles. The van der Waals surface area contributed by atoms with Crippen LogP contribution in [0.25, 0.3) is 0 Å². The second-order valence-electron chi connectivity index (χ2n) is 10.9. The van der Waals surface area contributed by atoms with Crippen molar-refractivity contribution in [2.75, 3.05) is 31.5 Å². The van der Waals surface area contributed by atoms with Crippen LogP contribution < -0.4 is 9.46 Å². The Morgan fingerprint density at radius 3 is 2.57 bits per heavy atom. The molecule has 0 saturated carbocycles. The summed E-state index contributed by atoms with van der Waals surface area (Å²) >= 11 is 12.3. The van der Waals surface area contributed by atoms with Crippen LogP contribution in [0.15, 0.2) is 45.8 Å². The molecule has 0 bridgehead atoms. The minimum absolute atomic E-state index is 0.0276. The molecule has 3 aromatic rings. The lowest BCUT2D eigenvalue weighted by Gasteiger charge is -2.34. The van der Waals surface area contributed by atoms with Crippen molar-refractivity contribution >= 4 is 44.8 Å². The summed E-state index contributed by atoms with van der Waals surface area (Å²) < 4.78 is 40.4. The number of sulfonamides is 1. The number of amides is 1. The first-order chi connectivity index (χ1) is 19.8. The molecule has 0 aliphatic carbocycles. The molecule has 10 nitrogen and oxygen atoms in total. The predicted molar refractivity (Wildman–Crippen MR) is 162 cm³/mol. The highest BCUT2D eigenvalue weighted by molar-refractivity contribution is 7.92. The van der Waals surface area contributed by atoms with Gasteiger partial charge in [-0.15, -0.1) is 0 Å². The van der Waals surface area contributed by atoms with Crippen LogP contribution in [0.2, 0.25) is 10.0 Å². The van der Waals surface area contributed by atoms with E-state index in [0.717, 1.165) is 5.56 Å². The lowest BCUT2D eigenvalue weighted by Crippen LogP contribution is -2.47. The second-order valence-corrected chi connectivity index (χ2v) is 13.3. The van der Waals surface area contributed by atoms with Gasteiger partial charge in [0.05, 0.1) is 29.1 Å². The van der Waals surface area contributed by atoms with Gasteiger partial charge in [-0.3, -0.25) is 14.4 Å². The number of carbonyl (C=O) groups is 1. The largest absolute Gasteiger partial charge is 0.488 e. The molecule has 1 aliphatic rings. The quantitative estimate of drug-likeness (QED) is 0.346. The van der Waals surface area contributed by atoms with Crippen molar-refractivity contribution in [2.24, 2.45) is 5.92 Å². The number of hydrogen-bond donors (Lipinski definition) is 2. The highest BCUT2D eigenvalue weighted by atomic mass is 35.5. The zero-order valence-electron chi connectivity index (χ0n) is 24.2. The maximum absolute atomic E-state index is 13.5. The van der Waals surface area contributed by atoms with Gasteiger partial charge in [0.15, 0.2) is 10.7 Å². The Hall–Kier alpha value is -2.83. The third-order valence-corrected chi connectivity index (χ3v) is 9.70. The average molecular weight is 640 g/mol. The fraction of sp³-hybridized carbons (Fsp3) is 0.448. The molecule has 0 saturated heterocycles. The number of halogens is 2. The smallest absolute Gasteiger partial charge is 0.267 e. The van der Waals surface area contributed by atoms with Crippen LogP contribution in [-0.2, 0) is 27.8 Å². The zero-order chi connectivity index (χ0) is 30.8. The Bertz CT molecular complexity index is 1530. The SMILES string of the molecule is Cc1noc(C)c1S(=O)(=O)Nc1ccc2c(c1)CC(=O)N([C@@H](C)CO)C[C@H](C)[C@@H](CN(C)Cc1ccc(Cl)c(Cl)c1)O2. The molecule has 2 heterocycles. The molecule has 42 heavy (non-hydrogen) atoms. The molecule has 1 amide bonds. The molecule has 0 fully saturated rings. The van der Waals surface area contributed by atoms with Crippen LogP contribution in [0.5, 0.6) is 5.75 Å². The van der Waals surface area contributed by atoms with Gasteiger partial charge >= 0.3 is 0 Å². The molecule has 2 N–H and O–H groups in total. The van der Waals surface area contributed by atoms with Crippen molar-refractivity contribution in [1.82, 2.24) is 15.0 Å². The Labute approximate surface area is 256 Å². The van der Waals surface area contributed by atoms with Crippen molar-refractivity contribution < 1.29 is 27.6 Å². The fourth-order valence-electron chi connectivity index (χ4n) is 5.10. The van der Waals surface area contributed by atoms with E-state index in [-0.39, 0.29) is 53.0 Å². The van der Waals surface area contributed by atoms with Gasteiger partial charge in [-0.05, 0) is 63.7 Å². The Morgan fingerprint density at radius 1 is 1.19 bits per heavy atom. The zero-order valence-corrected chi connectivity index (χ0v) is 26.6. The third kappa shape index (κ3) is 7.38. The number of nitrogens with one attached hydrogen (secondary N) is 1. The van der Waals surface area contributed by atoms with E-state index in [4.69, 9.17) is 32.5 Å². The van der Waals surface area contributed by atoms with Gasteiger partial charge in [0.2, 0.25) is 5.91 Å². The van der Waals surface area contributed by atoms with Crippen molar-refractivity contribution in [1.29, 1.82) is 0 Å². The summed E-state index contributed by atoms with van der Waals surface area (Å²) in [6, 6.07) is 10.00. The van der Waals surface area contributed by atoms with Crippen molar-refractivity contribution in [3.63, 3.8) is 0 Å². The number of nitrogens with zero attached hydrogens (tertiary/aromatic N) is 3. The van der Waals surface area contributed by atoms with E-state index in [1.54, 1.807) is 43.0 Å². The molecule has 4 rings (SSSR count). The van der Waals surface area contributed by atoms with Crippen LogP contribution in [0.3, 0.4) is 0 Å². The van der Waals surface area contributed by atoms with E-state index in [1.165, 1.54) is 6.92 Å². The lowest BCUT2D eigenvalue weighted by molar-refractivity contribution is -0.134. The predicted octanol–water partition coefficient (Wildman–Crippen LogP) is 4.68. The summed E-state index contributed by atoms with van der Waals surface area (Å²) in [7, 11) is -2.02. The molecule has 2 aromatic carbocycles. The Morgan fingerprint density at radius 2 is 1.93 bits per heavy atom. The standard InChI is InChI=1S/C29H36Cl2N4O6S/c1-17-13-35(18(2)16-36)28(37)12-22-11-23(33-42(38,39)29-19(3)32-41-20(29)4)7-9-26(22)40-27(17)15-34(5)14-21-6-8-24(30)25(31)10-21/h6-11,17-18,27,33,36H,12-16H2,1-5H3/t17-,18-,27+/m0/s1. The van der Waals surface area contributed by atoms with Crippen molar-refractivity contribution in [2.45, 2.75) is 57.7 Å². The molecule has 3 atom stereocenters. The monoisotopic (exact) mass is 638 g/mol. The molecule has 13 heteroatoms. The molecule has 0 spiro atoms. The highest BCUT2D eigenvalue weighted by Crippen LogP contribution is 2.31. The summed E-state index contributed by atoms with van der Waals surface area (Å²) in [5.74, 6) is 0.380. The first kappa shape index (κ1) is 32.1. The summed E-state index contributed by atoms with van der Waals surface area (Å²) in [6.45, 7) is 8.20. The van der Waals surface area contributed by atoms with Gasteiger partial charge < -0.3 is 19.3 Å². The number of aliphatic hydroxyl groups excluding tert-OH is 1. The summed E-state index contributed by atoms with van der Waals surface area (Å²) in [5.41, 5.74) is 2.04. The molecule has 1 aromatic heterocycles. The number of ether oxygens (including phenoxy) is 1. The summed E-state index contributed by atoms with van der Waals surface area (Å²) in [6.07, 6.45) is -0.361. The van der Waals surface area contributed by atoms with Crippen LogP contribution in [-0.4, -0.2) is 73.3 Å². The van der Waals surface area contributed by atoms with Gasteiger partial charge in [0.25, 0.3) is 10.0 Å². The van der Waals surface area contributed by atoms with Gasteiger partial charge in [0, 0.05) is 36.8 Å². The van der Waals surface area contributed by atoms with Crippen LogP contribution >= 0.6 is 23.2 Å². The van der Waals surface area contributed by atoms with Gasteiger partial charge in [0.1, 0.15) is 17.5 Å². The molecular formula is C29H36Cl2N4O6S. The normalized spacial score (nSPS) is 18.6. The number of likely N-dealkylation sites (N-methyl/N-ethyl adjacent to an activating group) is 1. The first-order valence-corrected chi connectivity index (χ1v) is 15.8. The molecule has 228 valence electrons. The number of rotatable bonds is 9. The number of hydrogen-bond acceptors (Lipinski definition) is 8. The number of anilines is 1. The van der Waals surface area contributed by atoms with Crippen LogP contribution in [0.4, 0.5) is 5.69 Å². The Kier molecular flexibility index (Phi) is 10.1. The molecular weight excluding hydrogens is 603 g/mol. The van der Waals surface area contributed by atoms with E-state index >= 15 is 0 Å². The van der Waals surface area contributed by atoms with E-state index < -0.39 is 16.1 Å². The van der Waals surface area contributed by atoms with Crippen molar-refractivity contribution in [3.8, 4) is 5.75 Å². The number of fused-ring (bicyclic) bond motifs is 1. The van der Waals surface area contributed by atoms with Crippen molar-refractivity contribution in [3.05, 3.63) is 69.0 Å². The van der Waals surface area contributed by atoms with E-state index in [1.807, 2.05) is 26.1 Å². The van der Waals surface area contributed by atoms with E-state index in [0.29, 0.717) is 41.0 Å². The Balaban J connectivity index is 1.64. The first-order valence-electron chi connectivity index (χ1n) is 13.6. The topological polar surface area (TPSA) is 125 Å². The minimum atomic E-state index is -3.99. The van der Waals surface area contributed by atoms with Crippen LogP contribution in [0.1, 0.15) is 36.4 Å². The summed E-state index contributed by atoms with van der Waals surface area (Å²) in [4.78, 5) is 17.2. The summed E-state index contributed by atoms with van der Waals surface area (Å²) in [5, 5.41) is 14.6.